The van der Waals surface area contributed by atoms with Crippen LogP contribution in [0, 0.1) is 24.0 Å². The van der Waals surface area contributed by atoms with E-state index in [1.807, 2.05) is 4.90 Å². The second-order valence-electron chi connectivity index (χ2n) is 5.64. The first-order valence-corrected chi connectivity index (χ1v) is 7.42. The van der Waals surface area contributed by atoms with Crippen molar-refractivity contribution in [3.05, 3.63) is 21.5 Å². The lowest BCUT2D eigenvalue weighted by Gasteiger charge is -2.24. The van der Waals surface area contributed by atoms with Gasteiger partial charge in [-0.05, 0) is 33.6 Å². The summed E-state index contributed by atoms with van der Waals surface area (Å²) in [5.41, 5.74) is 0.798. The smallest absolute Gasteiger partial charge is 0.312 e. The van der Waals surface area contributed by atoms with Crippen molar-refractivity contribution in [3.8, 4) is 0 Å². The fourth-order valence-corrected chi connectivity index (χ4v) is 2.96. The van der Waals surface area contributed by atoms with Gasteiger partial charge in [0.15, 0.2) is 0 Å². The third-order valence-electron chi connectivity index (χ3n) is 4.11. The maximum Gasteiger partial charge on any atom is 0.312 e. The van der Waals surface area contributed by atoms with Gasteiger partial charge in [0.25, 0.3) is 0 Å². The van der Waals surface area contributed by atoms with Crippen molar-refractivity contribution >= 4 is 11.6 Å². The highest BCUT2D eigenvalue weighted by Crippen LogP contribution is 2.25. The van der Waals surface area contributed by atoms with Crippen molar-refractivity contribution in [2.24, 2.45) is 0 Å². The summed E-state index contributed by atoms with van der Waals surface area (Å²) in [4.78, 5) is 25.1. The van der Waals surface area contributed by atoms with Crippen LogP contribution in [0.5, 0.6) is 0 Å². The predicted molar refractivity (Wildman–Crippen MR) is 78.1 cm³/mol. The van der Waals surface area contributed by atoms with Gasteiger partial charge >= 0.3 is 5.69 Å². The number of nitro groups is 1. The van der Waals surface area contributed by atoms with Crippen molar-refractivity contribution in [1.82, 2.24) is 14.7 Å². The lowest BCUT2D eigenvalue weighted by molar-refractivity contribution is -0.386. The second-order valence-corrected chi connectivity index (χ2v) is 5.64. The van der Waals surface area contributed by atoms with Crippen LogP contribution in [-0.2, 0) is 4.79 Å². The number of nitrogens with zero attached hydrogens (tertiary/aromatic N) is 4. The first-order chi connectivity index (χ1) is 9.93. The Balaban J connectivity index is 2.23. The predicted octanol–water partition coefficient (Wildman–Crippen LogP) is 2.37. The first-order valence-electron chi connectivity index (χ1n) is 7.42. The van der Waals surface area contributed by atoms with Gasteiger partial charge in [0, 0.05) is 13.1 Å². The van der Waals surface area contributed by atoms with E-state index in [1.165, 1.54) is 4.68 Å². The van der Waals surface area contributed by atoms with Gasteiger partial charge in [0.05, 0.1) is 4.92 Å². The van der Waals surface area contributed by atoms with Gasteiger partial charge in [-0.25, -0.2) is 0 Å². The number of hydrogen-bond donors (Lipinski definition) is 0. The molecule has 7 heteroatoms. The van der Waals surface area contributed by atoms with Crippen LogP contribution < -0.4 is 0 Å². The largest absolute Gasteiger partial charge is 0.341 e. The van der Waals surface area contributed by atoms with Gasteiger partial charge < -0.3 is 4.90 Å². The Kier molecular flexibility index (Phi) is 4.59. The highest BCUT2D eigenvalue weighted by atomic mass is 16.6. The molecule has 1 aromatic rings. The topological polar surface area (TPSA) is 81.3 Å². The molecule has 0 saturated carbocycles. The van der Waals surface area contributed by atoms with Crippen LogP contribution in [0.3, 0.4) is 0 Å². The van der Waals surface area contributed by atoms with Gasteiger partial charge in [0.2, 0.25) is 5.91 Å². The highest BCUT2D eigenvalue weighted by Gasteiger charge is 2.29. The normalized spacial score (nSPS) is 17.4. The fraction of sp³-hybridized carbons (Fsp3) is 0.714. The summed E-state index contributed by atoms with van der Waals surface area (Å²) in [6, 6.07) is -0.504. The molecular formula is C14H22N4O3. The van der Waals surface area contributed by atoms with E-state index < -0.39 is 11.0 Å². The molecule has 7 nitrogen and oxygen atoms in total. The van der Waals surface area contributed by atoms with Gasteiger partial charge in [-0.2, -0.15) is 5.10 Å². The van der Waals surface area contributed by atoms with Gasteiger partial charge in [-0.1, -0.05) is 12.8 Å². The number of rotatable bonds is 3. The zero-order chi connectivity index (χ0) is 15.6. The summed E-state index contributed by atoms with van der Waals surface area (Å²) < 4.78 is 1.49. The number of carbonyl (C=O) groups is 1. The number of aromatic nitrogens is 2. The molecule has 1 saturated heterocycles. The minimum absolute atomic E-state index is 0.00241. The van der Waals surface area contributed by atoms with Crippen molar-refractivity contribution in [2.45, 2.75) is 52.5 Å². The molecular weight excluding hydrogens is 272 g/mol. The van der Waals surface area contributed by atoms with E-state index in [2.05, 4.69) is 5.10 Å². The van der Waals surface area contributed by atoms with Gasteiger partial charge in [-0.3, -0.25) is 19.6 Å². The minimum Gasteiger partial charge on any atom is -0.341 e. The van der Waals surface area contributed by atoms with Crippen molar-refractivity contribution in [3.63, 3.8) is 0 Å². The average Bonchev–Trinajstić information content (AvgIpc) is 2.63. The van der Waals surface area contributed by atoms with E-state index in [9.17, 15) is 14.9 Å². The fourth-order valence-electron chi connectivity index (χ4n) is 2.96. The highest BCUT2D eigenvalue weighted by molar-refractivity contribution is 5.80. The number of hydrogen-bond acceptors (Lipinski definition) is 4. The second kappa shape index (κ2) is 6.24. The quantitative estimate of drug-likeness (QED) is 0.633. The Morgan fingerprint density at radius 3 is 2.29 bits per heavy atom. The van der Waals surface area contributed by atoms with Crippen molar-refractivity contribution < 1.29 is 9.72 Å². The van der Waals surface area contributed by atoms with Crippen molar-refractivity contribution in [2.75, 3.05) is 13.1 Å². The molecule has 21 heavy (non-hydrogen) atoms. The number of carbonyl (C=O) groups excluding carboxylic acids is 1. The van der Waals surface area contributed by atoms with Crippen LogP contribution in [0.1, 0.15) is 50.0 Å². The standard InChI is InChI=1S/C14H22N4O3/c1-10-13(18(20)21)11(2)17(15-10)12(3)14(19)16-8-6-4-5-7-9-16/h12H,4-9H2,1-3H3/t12-/m0/s1. The molecule has 116 valence electrons. The summed E-state index contributed by atoms with van der Waals surface area (Å²) in [5, 5.41) is 15.3. The molecule has 2 heterocycles. The summed E-state index contributed by atoms with van der Waals surface area (Å²) >= 11 is 0. The Hall–Kier alpha value is -1.92. The maximum absolute atomic E-state index is 12.6. The Bertz CT molecular complexity index is 545. The molecule has 1 atom stereocenters. The molecule has 1 fully saturated rings. The Labute approximate surface area is 124 Å². The maximum atomic E-state index is 12.6. The van der Waals surface area contributed by atoms with E-state index in [4.69, 9.17) is 0 Å². The zero-order valence-corrected chi connectivity index (χ0v) is 12.8. The summed E-state index contributed by atoms with van der Waals surface area (Å²) in [6.07, 6.45) is 4.36. The molecule has 0 unspecified atom stereocenters. The monoisotopic (exact) mass is 294 g/mol. The molecule has 1 aliphatic rings. The van der Waals surface area contributed by atoms with E-state index in [1.54, 1.807) is 20.8 Å². The number of aryl methyl sites for hydroxylation is 1. The van der Waals surface area contributed by atoms with Gasteiger partial charge in [-0.15, -0.1) is 0 Å². The molecule has 1 aromatic heterocycles. The van der Waals surface area contributed by atoms with Crippen LogP contribution in [0.4, 0.5) is 5.69 Å². The molecule has 2 rings (SSSR count). The molecule has 0 N–H and O–H groups in total. The lowest BCUT2D eigenvalue weighted by Crippen LogP contribution is -2.37. The van der Waals surface area contributed by atoms with E-state index >= 15 is 0 Å². The molecule has 0 aliphatic carbocycles. The van der Waals surface area contributed by atoms with E-state index in [0.717, 1.165) is 38.8 Å². The summed E-state index contributed by atoms with van der Waals surface area (Å²) in [5.74, 6) is -0.00241. The van der Waals surface area contributed by atoms with Crippen LogP contribution in [0.15, 0.2) is 0 Å². The Morgan fingerprint density at radius 1 is 1.24 bits per heavy atom. The SMILES string of the molecule is Cc1nn([C@@H](C)C(=O)N2CCCCCC2)c(C)c1[N+](=O)[O-]. The molecule has 0 spiro atoms. The third kappa shape index (κ3) is 3.06. The molecule has 0 radical (unpaired) electrons. The van der Waals surface area contributed by atoms with Crippen LogP contribution in [0.25, 0.3) is 0 Å². The van der Waals surface area contributed by atoms with Crippen LogP contribution in [-0.4, -0.2) is 38.6 Å². The average molecular weight is 294 g/mol. The van der Waals surface area contributed by atoms with Gasteiger partial charge in [0.1, 0.15) is 17.4 Å². The Morgan fingerprint density at radius 2 is 1.81 bits per heavy atom. The third-order valence-corrected chi connectivity index (χ3v) is 4.11. The van der Waals surface area contributed by atoms with Crippen LogP contribution >= 0.6 is 0 Å². The molecule has 1 aliphatic heterocycles. The summed E-state index contributed by atoms with van der Waals surface area (Å²) in [6.45, 7) is 6.54. The molecule has 0 aromatic carbocycles. The minimum atomic E-state index is -0.504. The van der Waals surface area contributed by atoms with E-state index in [0.29, 0.717) is 11.4 Å². The zero-order valence-electron chi connectivity index (χ0n) is 12.8. The molecule has 1 amide bonds. The lowest BCUT2D eigenvalue weighted by atomic mass is 10.2. The number of likely N-dealkylation sites (tertiary alicyclic amines) is 1. The first kappa shape index (κ1) is 15.5. The van der Waals surface area contributed by atoms with Crippen molar-refractivity contribution in [1.29, 1.82) is 0 Å². The van der Waals surface area contributed by atoms with E-state index in [-0.39, 0.29) is 11.6 Å². The number of amides is 1. The summed E-state index contributed by atoms with van der Waals surface area (Å²) in [7, 11) is 0. The van der Waals surface area contributed by atoms with Crippen LogP contribution in [0.2, 0.25) is 0 Å². The molecule has 0 bridgehead atoms.